The summed E-state index contributed by atoms with van der Waals surface area (Å²) in [6.45, 7) is 0.256. The highest BCUT2D eigenvalue weighted by Crippen LogP contribution is 2.01. The van der Waals surface area contributed by atoms with Gasteiger partial charge in [-0.1, -0.05) is 0 Å². The Hall–Kier alpha value is -1.40. The molecular weight excluding hydrogens is 232 g/mol. The van der Waals surface area contributed by atoms with Crippen molar-refractivity contribution in [2.24, 2.45) is 0 Å². The molecule has 1 unspecified atom stereocenters. The summed E-state index contributed by atoms with van der Waals surface area (Å²) in [6, 6.07) is 3.57. The molecule has 0 fully saturated rings. The second-order valence-electron chi connectivity index (χ2n) is 2.74. The molecule has 0 saturated heterocycles. The molecule has 0 aromatic carbocycles. The molecule has 0 aliphatic carbocycles. The lowest BCUT2D eigenvalue weighted by Gasteiger charge is -1.97. The Labute approximate surface area is 95.7 Å². The summed E-state index contributed by atoms with van der Waals surface area (Å²) in [6.07, 6.45) is 3.15. The van der Waals surface area contributed by atoms with Crippen LogP contribution in [0.1, 0.15) is 5.76 Å². The van der Waals surface area contributed by atoms with Gasteiger partial charge in [0, 0.05) is 17.9 Å². The van der Waals surface area contributed by atoms with Gasteiger partial charge >= 0.3 is 5.97 Å². The van der Waals surface area contributed by atoms with E-state index < -0.39 is 17.0 Å². The summed E-state index contributed by atoms with van der Waals surface area (Å²) >= 11 is -1.63. The highest BCUT2D eigenvalue weighted by molar-refractivity contribution is 7.83. The van der Waals surface area contributed by atoms with Crippen molar-refractivity contribution < 1.29 is 22.3 Å². The Kier molecular flexibility index (Phi) is 5.52. The monoisotopic (exact) mass is 244 g/mol. The number of furan rings is 1. The first-order valence-corrected chi connectivity index (χ1v) is 5.68. The van der Waals surface area contributed by atoms with E-state index in [2.05, 4.69) is 4.74 Å². The van der Waals surface area contributed by atoms with E-state index >= 15 is 0 Å². The molecule has 88 valence electrons. The molecule has 0 N–H and O–H groups in total. The average molecular weight is 244 g/mol. The van der Waals surface area contributed by atoms with Crippen molar-refractivity contribution in [3.05, 3.63) is 35.6 Å². The van der Waals surface area contributed by atoms with Gasteiger partial charge in [-0.15, -0.1) is 0 Å². The first-order chi connectivity index (χ1) is 7.72. The molecule has 0 bridgehead atoms. The van der Waals surface area contributed by atoms with Gasteiger partial charge in [0.25, 0.3) is 0 Å². The zero-order valence-electron chi connectivity index (χ0n) is 8.75. The summed E-state index contributed by atoms with van der Waals surface area (Å²) in [4.78, 5) is 10.7. The molecule has 0 amide bonds. The van der Waals surface area contributed by atoms with E-state index in [-0.39, 0.29) is 6.61 Å². The molecule has 1 rings (SSSR count). The van der Waals surface area contributed by atoms with Gasteiger partial charge < -0.3 is 9.15 Å². The third-order valence-electron chi connectivity index (χ3n) is 1.64. The van der Waals surface area contributed by atoms with E-state index in [9.17, 15) is 9.00 Å². The minimum absolute atomic E-state index is 0.256. The number of ether oxygens (including phenoxy) is 1. The highest BCUT2D eigenvalue weighted by Gasteiger charge is 2.00. The zero-order valence-corrected chi connectivity index (χ0v) is 9.57. The van der Waals surface area contributed by atoms with Crippen LogP contribution in [0.2, 0.25) is 0 Å². The number of methoxy groups -OCH3 is 1. The van der Waals surface area contributed by atoms with E-state index in [0.717, 1.165) is 17.2 Å². The third-order valence-corrected chi connectivity index (χ3v) is 2.40. The maximum Gasteiger partial charge on any atom is 0.331 e. The number of carbonyl (C=O) groups excluding carboxylic acids is 1. The first kappa shape index (κ1) is 12.7. The van der Waals surface area contributed by atoms with Crippen molar-refractivity contribution in [2.75, 3.05) is 13.7 Å². The Balaban J connectivity index is 2.20. The molecule has 1 heterocycles. The molecule has 6 heteroatoms. The zero-order chi connectivity index (χ0) is 11.8. The fraction of sp³-hybridized carbons (Fsp3) is 0.300. The second-order valence-corrected chi connectivity index (χ2v) is 3.77. The topological polar surface area (TPSA) is 65.7 Å². The van der Waals surface area contributed by atoms with Crippen molar-refractivity contribution in [3.8, 4) is 0 Å². The van der Waals surface area contributed by atoms with E-state index in [4.69, 9.17) is 8.60 Å². The normalized spacial score (nSPS) is 12.8. The lowest BCUT2D eigenvalue weighted by molar-refractivity contribution is -0.134. The van der Waals surface area contributed by atoms with Gasteiger partial charge in [-0.25, -0.2) is 9.00 Å². The Morgan fingerprint density at radius 1 is 1.62 bits per heavy atom. The largest absolute Gasteiger partial charge is 0.469 e. The van der Waals surface area contributed by atoms with E-state index in [0.29, 0.717) is 6.42 Å². The van der Waals surface area contributed by atoms with Crippen LogP contribution < -0.4 is 0 Å². The van der Waals surface area contributed by atoms with Crippen LogP contribution in [-0.2, 0) is 31.2 Å². The number of hydrogen-bond donors (Lipinski definition) is 0. The highest BCUT2D eigenvalue weighted by atomic mass is 32.2. The maximum absolute atomic E-state index is 11.2. The molecule has 1 aromatic rings. The minimum atomic E-state index is -1.63. The molecule has 0 radical (unpaired) electrons. The van der Waals surface area contributed by atoms with Crippen molar-refractivity contribution in [3.63, 3.8) is 0 Å². The fourth-order valence-electron chi connectivity index (χ4n) is 0.898. The summed E-state index contributed by atoms with van der Waals surface area (Å²) in [5.74, 6) is 0.192. The maximum atomic E-state index is 11.2. The Morgan fingerprint density at radius 2 is 2.44 bits per heavy atom. The van der Waals surface area contributed by atoms with Gasteiger partial charge in [-0.2, -0.15) is 0 Å². The van der Waals surface area contributed by atoms with Gasteiger partial charge in [0.2, 0.25) is 0 Å². The summed E-state index contributed by atoms with van der Waals surface area (Å²) in [5, 5.41) is 1.13. The quantitative estimate of drug-likeness (QED) is 0.555. The lowest BCUT2D eigenvalue weighted by Crippen LogP contribution is -2.00. The standard InChI is InChI=1S/C10H12O5S/c1-13-10(11)5-8-16(12)15-7-4-9-3-2-6-14-9/h2-3,5-6,8H,4,7H2,1H3/b8-5+. The molecule has 1 atom stereocenters. The van der Waals surface area contributed by atoms with E-state index in [1.54, 1.807) is 18.4 Å². The minimum Gasteiger partial charge on any atom is -0.469 e. The van der Waals surface area contributed by atoms with Gasteiger partial charge in [0.15, 0.2) is 11.1 Å². The SMILES string of the molecule is COC(=O)/C=C/S(=O)OCCc1ccco1. The van der Waals surface area contributed by atoms with Crippen LogP contribution in [-0.4, -0.2) is 23.9 Å². The number of esters is 1. The second kappa shape index (κ2) is 6.97. The Bertz CT molecular complexity index is 369. The van der Waals surface area contributed by atoms with Gasteiger partial charge in [0.1, 0.15) is 5.76 Å². The average Bonchev–Trinajstić information content (AvgIpc) is 2.79. The van der Waals surface area contributed by atoms with Crippen molar-refractivity contribution in [2.45, 2.75) is 6.42 Å². The summed E-state index contributed by atoms with van der Waals surface area (Å²) in [7, 11) is 1.24. The van der Waals surface area contributed by atoms with Crippen LogP contribution >= 0.6 is 0 Å². The third kappa shape index (κ3) is 4.90. The molecule has 0 spiro atoms. The van der Waals surface area contributed by atoms with Crippen molar-refractivity contribution in [1.29, 1.82) is 0 Å². The molecule has 16 heavy (non-hydrogen) atoms. The van der Waals surface area contributed by atoms with Crippen molar-refractivity contribution in [1.82, 2.24) is 0 Å². The number of rotatable bonds is 6. The van der Waals surface area contributed by atoms with Crippen LogP contribution in [0.15, 0.2) is 34.3 Å². The van der Waals surface area contributed by atoms with Crippen LogP contribution in [0.4, 0.5) is 0 Å². The molecule has 0 aliphatic heterocycles. The van der Waals surface area contributed by atoms with Gasteiger partial charge in [0.05, 0.1) is 20.0 Å². The molecular formula is C10H12O5S. The predicted molar refractivity (Wildman–Crippen MR) is 57.7 cm³/mol. The molecule has 1 aromatic heterocycles. The van der Waals surface area contributed by atoms with Crippen LogP contribution in [0.3, 0.4) is 0 Å². The lowest BCUT2D eigenvalue weighted by atomic mass is 10.3. The summed E-state index contributed by atoms with van der Waals surface area (Å²) in [5.41, 5.74) is 0. The summed E-state index contributed by atoms with van der Waals surface area (Å²) < 4.78 is 25.5. The van der Waals surface area contributed by atoms with Gasteiger partial charge in [-0.05, 0) is 12.1 Å². The predicted octanol–water partition coefficient (Wildman–Crippen LogP) is 1.19. The Morgan fingerprint density at radius 3 is 3.06 bits per heavy atom. The number of carbonyl (C=O) groups is 1. The number of hydrogen-bond acceptors (Lipinski definition) is 5. The van der Waals surface area contributed by atoms with Crippen LogP contribution in [0.25, 0.3) is 0 Å². The van der Waals surface area contributed by atoms with Crippen LogP contribution in [0, 0.1) is 0 Å². The molecule has 0 aliphatic rings. The van der Waals surface area contributed by atoms with Crippen molar-refractivity contribution >= 4 is 17.0 Å². The van der Waals surface area contributed by atoms with E-state index in [1.165, 1.54) is 7.11 Å². The molecule has 5 nitrogen and oxygen atoms in total. The van der Waals surface area contributed by atoms with Crippen LogP contribution in [0.5, 0.6) is 0 Å². The fourth-order valence-corrected chi connectivity index (χ4v) is 1.45. The van der Waals surface area contributed by atoms with Gasteiger partial charge in [-0.3, -0.25) is 4.18 Å². The smallest absolute Gasteiger partial charge is 0.331 e. The first-order valence-electron chi connectivity index (χ1n) is 4.54. The van der Waals surface area contributed by atoms with E-state index in [1.807, 2.05) is 0 Å². The molecule has 0 saturated carbocycles.